The quantitative estimate of drug-likeness (QED) is 0.808. The lowest BCUT2D eigenvalue weighted by atomic mass is 10.2. The number of nitrogens with zero attached hydrogens (tertiary/aromatic N) is 1. The second-order valence-electron chi connectivity index (χ2n) is 4.88. The molecule has 1 aromatic rings. The third kappa shape index (κ3) is 3.25. The molecule has 0 heterocycles. The minimum Gasteiger partial charge on any atom is -0.478 e. The van der Waals surface area contributed by atoms with Gasteiger partial charge in [-0.1, -0.05) is 6.92 Å². The molecular formula is C14H18F2N2O2. The number of nitrogens with one attached hydrogen (secondary N) is 1. The molecule has 1 aromatic carbocycles. The Balaban J connectivity index is 1.96. The summed E-state index contributed by atoms with van der Waals surface area (Å²) in [5, 5.41) is 11.5. The first-order chi connectivity index (χ1) is 9.54. The molecule has 20 heavy (non-hydrogen) atoms. The third-order valence-electron chi connectivity index (χ3n) is 3.50. The number of hydrogen-bond acceptors (Lipinski definition) is 3. The van der Waals surface area contributed by atoms with Gasteiger partial charge < -0.3 is 10.4 Å². The summed E-state index contributed by atoms with van der Waals surface area (Å²) in [4.78, 5) is 13.0. The molecule has 0 aromatic heterocycles. The normalized spacial score (nSPS) is 14.6. The molecule has 0 aliphatic heterocycles. The molecule has 2 N–H and O–H groups in total. The average Bonchev–Trinajstić information content (AvgIpc) is 3.23. The summed E-state index contributed by atoms with van der Waals surface area (Å²) >= 11 is 0. The number of carbonyl (C=O) groups is 1. The van der Waals surface area contributed by atoms with Crippen LogP contribution >= 0.6 is 0 Å². The molecule has 110 valence electrons. The number of anilines is 1. The Bertz CT molecular complexity index is 504. The van der Waals surface area contributed by atoms with E-state index in [1.807, 2.05) is 0 Å². The van der Waals surface area contributed by atoms with Gasteiger partial charge in [0.2, 0.25) is 0 Å². The minimum absolute atomic E-state index is 0.000602. The lowest BCUT2D eigenvalue weighted by Gasteiger charge is -2.20. The standard InChI is InChI=1S/C14H18F2N2O2/c1-2-18(9-3-4-9)8-7-17-11-6-5-10(14(19)20)12(15)13(11)16/h5-6,9,17H,2-4,7-8H2,1H3,(H,19,20). The van der Waals surface area contributed by atoms with Gasteiger partial charge in [0, 0.05) is 19.1 Å². The van der Waals surface area contributed by atoms with Gasteiger partial charge in [-0.2, -0.15) is 0 Å². The largest absolute Gasteiger partial charge is 0.478 e. The van der Waals surface area contributed by atoms with Crippen LogP contribution in [0.2, 0.25) is 0 Å². The van der Waals surface area contributed by atoms with E-state index in [-0.39, 0.29) is 5.69 Å². The fourth-order valence-electron chi connectivity index (χ4n) is 2.22. The van der Waals surface area contributed by atoms with Crippen LogP contribution in [0.4, 0.5) is 14.5 Å². The number of aromatic carboxylic acids is 1. The molecule has 0 radical (unpaired) electrons. The molecule has 0 saturated heterocycles. The monoisotopic (exact) mass is 284 g/mol. The first-order valence-corrected chi connectivity index (χ1v) is 6.73. The van der Waals surface area contributed by atoms with E-state index in [4.69, 9.17) is 5.11 Å². The zero-order chi connectivity index (χ0) is 14.7. The van der Waals surface area contributed by atoms with E-state index < -0.39 is 23.2 Å². The second kappa shape index (κ2) is 6.17. The molecular weight excluding hydrogens is 266 g/mol. The number of likely N-dealkylation sites (N-methyl/N-ethyl adjacent to an activating group) is 1. The van der Waals surface area contributed by atoms with Gasteiger partial charge in [-0.3, -0.25) is 4.90 Å². The Morgan fingerprint density at radius 3 is 2.65 bits per heavy atom. The van der Waals surface area contributed by atoms with E-state index in [2.05, 4.69) is 17.1 Å². The number of carboxylic acid groups (broad SMARTS) is 1. The number of carboxylic acids is 1. The van der Waals surface area contributed by atoms with Crippen molar-refractivity contribution in [3.63, 3.8) is 0 Å². The summed E-state index contributed by atoms with van der Waals surface area (Å²) in [6.07, 6.45) is 2.40. The van der Waals surface area contributed by atoms with Crippen molar-refractivity contribution in [2.24, 2.45) is 0 Å². The molecule has 0 spiro atoms. The predicted octanol–water partition coefficient (Wildman–Crippen LogP) is 2.56. The molecule has 0 bridgehead atoms. The summed E-state index contributed by atoms with van der Waals surface area (Å²) in [5.74, 6) is -3.93. The van der Waals surface area contributed by atoms with Gasteiger partial charge in [-0.15, -0.1) is 0 Å². The predicted molar refractivity (Wildman–Crippen MR) is 72.1 cm³/mol. The van der Waals surface area contributed by atoms with Crippen molar-refractivity contribution >= 4 is 11.7 Å². The Labute approximate surface area is 116 Å². The summed E-state index contributed by atoms with van der Waals surface area (Å²) in [7, 11) is 0. The van der Waals surface area contributed by atoms with E-state index in [0.29, 0.717) is 12.6 Å². The maximum Gasteiger partial charge on any atom is 0.338 e. The highest BCUT2D eigenvalue weighted by Gasteiger charge is 2.27. The van der Waals surface area contributed by atoms with Crippen molar-refractivity contribution < 1.29 is 18.7 Å². The van der Waals surface area contributed by atoms with Crippen LogP contribution in [0.3, 0.4) is 0 Å². The van der Waals surface area contributed by atoms with Crippen LogP contribution in [0.25, 0.3) is 0 Å². The lowest BCUT2D eigenvalue weighted by molar-refractivity contribution is 0.0690. The molecule has 1 saturated carbocycles. The van der Waals surface area contributed by atoms with Crippen LogP contribution < -0.4 is 5.32 Å². The van der Waals surface area contributed by atoms with E-state index in [0.717, 1.165) is 19.2 Å². The Kier molecular flexibility index (Phi) is 4.54. The van der Waals surface area contributed by atoms with Crippen molar-refractivity contribution in [1.29, 1.82) is 0 Å². The molecule has 1 aliphatic rings. The zero-order valence-electron chi connectivity index (χ0n) is 11.3. The van der Waals surface area contributed by atoms with Crippen LogP contribution in [-0.4, -0.2) is 41.7 Å². The summed E-state index contributed by atoms with van der Waals surface area (Å²) in [6.45, 7) is 4.25. The van der Waals surface area contributed by atoms with Gasteiger partial charge >= 0.3 is 5.97 Å². The van der Waals surface area contributed by atoms with Crippen molar-refractivity contribution in [3.05, 3.63) is 29.3 Å². The molecule has 6 heteroatoms. The molecule has 0 atom stereocenters. The van der Waals surface area contributed by atoms with Crippen molar-refractivity contribution in [1.82, 2.24) is 4.90 Å². The van der Waals surface area contributed by atoms with Crippen LogP contribution in [0.15, 0.2) is 12.1 Å². The first-order valence-electron chi connectivity index (χ1n) is 6.73. The Morgan fingerprint density at radius 2 is 2.10 bits per heavy atom. The molecule has 4 nitrogen and oxygen atoms in total. The fourth-order valence-corrected chi connectivity index (χ4v) is 2.22. The van der Waals surface area contributed by atoms with Gasteiger partial charge in [0.05, 0.1) is 11.3 Å². The summed E-state index contributed by atoms with van der Waals surface area (Å²) in [6, 6.07) is 2.95. The van der Waals surface area contributed by atoms with E-state index in [1.54, 1.807) is 0 Å². The van der Waals surface area contributed by atoms with Gasteiger partial charge in [-0.05, 0) is 31.5 Å². The topological polar surface area (TPSA) is 52.6 Å². The van der Waals surface area contributed by atoms with Crippen LogP contribution in [-0.2, 0) is 0 Å². The molecule has 0 unspecified atom stereocenters. The summed E-state index contributed by atoms with van der Waals surface area (Å²) in [5.41, 5.74) is -0.652. The third-order valence-corrected chi connectivity index (χ3v) is 3.50. The van der Waals surface area contributed by atoms with Crippen LogP contribution in [0, 0.1) is 11.6 Å². The number of hydrogen-bond donors (Lipinski definition) is 2. The second-order valence-corrected chi connectivity index (χ2v) is 4.88. The van der Waals surface area contributed by atoms with Crippen LogP contribution in [0.5, 0.6) is 0 Å². The van der Waals surface area contributed by atoms with E-state index in [9.17, 15) is 13.6 Å². The van der Waals surface area contributed by atoms with Gasteiger partial charge in [0.15, 0.2) is 11.6 Å². The fraction of sp³-hybridized carbons (Fsp3) is 0.500. The maximum atomic E-state index is 13.7. The highest BCUT2D eigenvalue weighted by Crippen LogP contribution is 2.26. The Hall–Kier alpha value is -1.69. The molecule has 2 rings (SSSR count). The van der Waals surface area contributed by atoms with Gasteiger partial charge in [-0.25, -0.2) is 13.6 Å². The lowest BCUT2D eigenvalue weighted by Crippen LogP contribution is -2.31. The maximum absolute atomic E-state index is 13.7. The number of benzene rings is 1. The Morgan fingerprint density at radius 1 is 1.40 bits per heavy atom. The van der Waals surface area contributed by atoms with E-state index in [1.165, 1.54) is 18.9 Å². The first kappa shape index (κ1) is 14.7. The van der Waals surface area contributed by atoms with Crippen molar-refractivity contribution in [2.45, 2.75) is 25.8 Å². The van der Waals surface area contributed by atoms with Crippen molar-refractivity contribution in [3.8, 4) is 0 Å². The highest BCUT2D eigenvalue weighted by atomic mass is 19.2. The molecule has 1 fully saturated rings. The SMILES string of the molecule is CCN(CCNc1ccc(C(=O)O)c(F)c1F)C1CC1. The number of rotatable bonds is 7. The van der Waals surface area contributed by atoms with Gasteiger partial charge in [0.1, 0.15) is 0 Å². The van der Waals surface area contributed by atoms with Crippen molar-refractivity contribution in [2.75, 3.05) is 25.0 Å². The molecule has 1 aliphatic carbocycles. The van der Waals surface area contributed by atoms with Gasteiger partial charge in [0.25, 0.3) is 0 Å². The zero-order valence-corrected chi connectivity index (χ0v) is 11.3. The highest BCUT2D eigenvalue weighted by molar-refractivity contribution is 5.88. The minimum atomic E-state index is -1.47. The molecule has 0 amide bonds. The van der Waals surface area contributed by atoms with E-state index >= 15 is 0 Å². The van der Waals surface area contributed by atoms with Crippen LogP contribution in [0.1, 0.15) is 30.1 Å². The smallest absolute Gasteiger partial charge is 0.338 e. The number of halogens is 2. The average molecular weight is 284 g/mol. The summed E-state index contributed by atoms with van der Waals surface area (Å²) < 4.78 is 27.2.